The van der Waals surface area contributed by atoms with Crippen LogP contribution >= 0.6 is 0 Å². The summed E-state index contributed by atoms with van der Waals surface area (Å²) in [5, 5.41) is 0.509. The molecule has 0 unspecified atom stereocenters. The van der Waals surface area contributed by atoms with Crippen LogP contribution in [0.4, 0.5) is 0 Å². The molecule has 11 nitrogen and oxygen atoms in total. The number of esters is 2. The zero-order valence-electron chi connectivity index (χ0n) is 28.4. The summed E-state index contributed by atoms with van der Waals surface area (Å²) in [4.78, 5) is 37.7. The second kappa shape index (κ2) is 18.7. The number of unbranched alkanes of at least 4 members (excludes halogenated alkanes) is 6. The van der Waals surface area contributed by atoms with Gasteiger partial charge in [-0.05, 0) is 87.5 Å². The predicted octanol–water partition coefficient (Wildman–Crippen LogP) is 7.19. The van der Waals surface area contributed by atoms with Crippen LogP contribution in [-0.2, 0) is 21.2 Å². The van der Waals surface area contributed by atoms with Gasteiger partial charge in [0.1, 0.15) is 22.6 Å². The molecular weight excluding hydrogens is 685 g/mol. The summed E-state index contributed by atoms with van der Waals surface area (Å²) in [5.41, 5.74) is -0.440. The van der Waals surface area contributed by atoms with E-state index < -0.39 is 54.0 Å². The molecule has 0 spiro atoms. The maximum Gasteiger partial charge on any atom is 0.362 e. The molecule has 0 atom stereocenters. The van der Waals surface area contributed by atoms with E-state index in [0.29, 0.717) is 23.3 Å². The van der Waals surface area contributed by atoms with Crippen molar-refractivity contribution in [2.45, 2.75) is 90.5 Å². The molecule has 1 saturated heterocycles. The van der Waals surface area contributed by atoms with E-state index in [0.717, 1.165) is 57.4 Å². The summed E-state index contributed by atoms with van der Waals surface area (Å²) in [7, 11) is -6.38. The third-order valence-electron chi connectivity index (χ3n) is 7.55. The highest BCUT2D eigenvalue weighted by atomic mass is 28.5. The van der Waals surface area contributed by atoms with Crippen LogP contribution in [0.3, 0.4) is 0 Å². The van der Waals surface area contributed by atoms with Gasteiger partial charge in [0, 0.05) is 11.5 Å². The lowest BCUT2D eigenvalue weighted by atomic mass is 10.1. The van der Waals surface area contributed by atoms with E-state index in [-0.39, 0.29) is 23.5 Å². The number of rotatable bonds is 16. The largest absolute Gasteiger partial charge is 0.494 e. The molecule has 1 aliphatic heterocycles. The summed E-state index contributed by atoms with van der Waals surface area (Å²) in [5.74, 6) is -0.424. The Labute approximate surface area is 288 Å². The highest BCUT2D eigenvalue weighted by Crippen LogP contribution is 2.24. The number of benzene rings is 2. The fourth-order valence-corrected chi connectivity index (χ4v) is 17.2. The molecule has 1 aliphatic rings. The van der Waals surface area contributed by atoms with Crippen LogP contribution in [0.25, 0.3) is 11.0 Å². The lowest BCUT2D eigenvalue weighted by Gasteiger charge is -2.35. The van der Waals surface area contributed by atoms with Gasteiger partial charge < -0.3 is 35.1 Å². The van der Waals surface area contributed by atoms with Crippen molar-refractivity contribution in [2.24, 2.45) is 0 Å². The van der Waals surface area contributed by atoms with Gasteiger partial charge in [-0.25, -0.2) is 14.4 Å². The minimum atomic E-state index is -2.34. The van der Waals surface area contributed by atoms with Crippen molar-refractivity contribution in [1.82, 2.24) is 0 Å². The Balaban J connectivity index is 1.20. The average Bonchev–Trinajstić information content (AvgIpc) is 3.03. The minimum Gasteiger partial charge on any atom is -0.494 e. The standard InChI is InChI=1S/C33H45O11Si4/c1-6-7-8-9-11-21-38-32(35)29-23-26-16-19-28(24-30(26)40-33(29)36)39-31(34)25-14-17-27(18-15-25)37-20-12-10-13-22-48(5)43-46(3)41-45(2)42-47(4)44-48/h14-19,23-24H,6-13,20-22H2,1-5H3. The molecule has 3 radical (unpaired) electrons. The molecule has 3 aromatic rings. The topological polar surface area (TPSA) is 129 Å². The molecule has 0 aliphatic carbocycles. The molecule has 4 rings (SSSR count). The third kappa shape index (κ3) is 11.9. The second-order valence-electron chi connectivity index (χ2n) is 11.8. The van der Waals surface area contributed by atoms with Crippen molar-refractivity contribution in [2.75, 3.05) is 13.2 Å². The zero-order chi connectivity index (χ0) is 34.5. The van der Waals surface area contributed by atoms with Gasteiger partial charge in [-0.1, -0.05) is 45.4 Å². The molecule has 0 saturated carbocycles. The van der Waals surface area contributed by atoms with Crippen molar-refractivity contribution >= 4 is 59.3 Å². The van der Waals surface area contributed by atoms with Crippen LogP contribution < -0.4 is 15.1 Å². The Morgan fingerprint density at radius 2 is 1.40 bits per heavy atom. The van der Waals surface area contributed by atoms with Crippen molar-refractivity contribution in [3.05, 3.63) is 70.1 Å². The molecule has 1 fully saturated rings. The summed E-state index contributed by atoms with van der Waals surface area (Å²) in [6, 6.07) is 13.7. The zero-order valence-corrected chi connectivity index (χ0v) is 32.4. The van der Waals surface area contributed by atoms with E-state index in [1.165, 1.54) is 12.1 Å². The molecule has 259 valence electrons. The number of carbonyl (C=O) groups is 2. The van der Waals surface area contributed by atoms with Crippen LogP contribution in [0, 0.1) is 0 Å². The highest BCUT2D eigenvalue weighted by Gasteiger charge is 2.40. The van der Waals surface area contributed by atoms with E-state index in [2.05, 4.69) is 13.5 Å². The summed E-state index contributed by atoms with van der Waals surface area (Å²) >= 11 is 0. The minimum absolute atomic E-state index is 0.165. The Kier molecular flexibility index (Phi) is 14.8. The molecule has 0 amide bonds. The molecule has 2 aromatic carbocycles. The first-order valence-corrected chi connectivity index (χ1v) is 24.5. The van der Waals surface area contributed by atoms with Crippen molar-refractivity contribution in [3.8, 4) is 11.5 Å². The summed E-state index contributed by atoms with van der Waals surface area (Å²) in [6.07, 6.45) is 7.89. The van der Waals surface area contributed by atoms with Crippen LogP contribution in [0.5, 0.6) is 11.5 Å². The number of hydrogen-bond donors (Lipinski definition) is 0. The van der Waals surface area contributed by atoms with E-state index in [1.54, 1.807) is 36.4 Å². The molecule has 15 heteroatoms. The van der Waals surface area contributed by atoms with Gasteiger partial charge in [0.15, 0.2) is 0 Å². The number of carbonyl (C=O) groups excluding carboxylic acids is 2. The van der Waals surface area contributed by atoms with E-state index in [4.69, 9.17) is 35.1 Å². The summed E-state index contributed by atoms with van der Waals surface area (Å²) < 4.78 is 46.4. The van der Waals surface area contributed by atoms with Gasteiger partial charge in [-0.3, -0.25) is 0 Å². The van der Waals surface area contributed by atoms with Gasteiger partial charge in [-0.15, -0.1) is 0 Å². The quantitative estimate of drug-likeness (QED) is 0.0488. The van der Waals surface area contributed by atoms with E-state index in [9.17, 15) is 14.4 Å². The SMILES string of the molecule is CCCCCCCOC(=O)c1cc2ccc(OC(=O)c3ccc(OCCCCC[Si]4(C)O[Si](C)O[Si](C)O[Si](C)O4)cc3)cc2oc1=O. The van der Waals surface area contributed by atoms with Crippen LogP contribution in [-0.4, -0.2) is 61.6 Å². The van der Waals surface area contributed by atoms with Crippen molar-refractivity contribution < 1.29 is 44.7 Å². The van der Waals surface area contributed by atoms with Gasteiger partial charge in [0.2, 0.25) is 0 Å². The second-order valence-corrected chi connectivity index (χ2v) is 20.8. The number of hydrogen-bond acceptors (Lipinski definition) is 11. The van der Waals surface area contributed by atoms with Gasteiger partial charge in [0.05, 0.1) is 18.8 Å². The summed E-state index contributed by atoms with van der Waals surface area (Å²) in [6.45, 7) is 11.0. The molecule has 2 heterocycles. The Morgan fingerprint density at radius 1 is 0.750 bits per heavy atom. The van der Waals surface area contributed by atoms with Crippen molar-refractivity contribution in [3.63, 3.8) is 0 Å². The lowest BCUT2D eigenvalue weighted by molar-refractivity contribution is 0.0492. The first kappa shape index (κ1) is 37.9. The smallest absolute Gasteiger partial charge is 0.362 e. The van der Waals surface area contributed by atoms with Crippen LogP contribution in [0.2, 0.25) is 32.2 Å². The molecule has 1 aromatic heterocycles. The molecule has 0 bridgehead atoms. The normalized spacial score (nSPS) is 15.9. The Hall–Kier alpha value is -2.90. The fourth-order valence-electron chi connectivity index (χ4n) is 5.21. The van der Waals surface area contributed by atoms with Gasteiger partial charge in [0.25, 0.3) is 0 Å². The fraction of sp³-hybridized carbons (Fsp3) is 0.485. The highest BCUT2D eigenvalue weighted by molar-refractivity contribution is 6.81. The predicted molar refractivity (Wildman–Crippen MR) is 188 cm³/mol. The molecular formula is C33H45O11Si4. The number of ether oxygens (including phenoxy) is 3. The van der Waals surface area contributed by atoms with Crippen molar-refractivity contribution in [1.29, 1.82) is 0 Å². The monoisotopic (exact) mass is 729 g/mol. The number of fused-ring (bicyclic) bond motifs is 1. The maximum absolute atomic E-state index is 12.8. The third-order valence-corrected chi connectivity index (χ3v) is 19.2. The molecule has 48 heavy (non-hydrogen) atoms. The average molecular weight is 730 g/mol. The van der Waals surface area contributed by atoms with E-state index in [1.807, 2.05) is 19.6 Å². The first-order chi connectivity index (χ1) is 23.0. The maximum atomic E-state index is 12.8. The Bertz CT molecular complexity index is 1530. The Morgan fingerprint density at radius 3 is 2.10 bits per heavy atom. The lowest BCUT2D eigenvalue weighted by Crippen LogP contribution is -2.52. The molecule has 0 N–H and O–H groups in total. The van der Waals surface area contributed by atoms with Crippen LogP contribution in [0.15, 0.2) is 57.7 Å². The van der Waals surface area contributed by atoms with E-state index >= 15 is 0 Å². The first-order valence-electron chi connectivity index (χ1n) is 16.5. The van der Waals surface area contributed by atoms with Gasteiger partial charge in [-0.2, -0.15) is 0 Å². The van der Waals surface area contributed by atoms with Crippen LogP contribution in [0.1, 0.15) is 79.0 Å². The van der Waals surface area contributed by atoms with Gasteiger partial charge >= 0.3 is 54.0 Å².